The van der Waals surface area contributed by atoms with E-state index >= 15 is 0 Å². The Balaban J connectivity index is 2.29. The Kier molecular flexibility index (Phi) is 21.9. The molecule has 0 aliphatic rings. The molecule has 9 unspecified atom stereocenters. The van der Waals surface area contributed by atoms with Crippen molar-refractivity contribution in [2.24, 2.45) is 11.5 Å². The monoisotopic (exact) mass is 949 g/mol. The van der Waals surface area contributed by atoms with Crippen LogP contribution in [0.4, 0.5) is 0 Å². The molecule has 2 rings (SSSR count). The van der Waals surface area contributed by atoms with E-state index in [1.807, 2.05) is 21.3 Å². The fraction of sp³-hybridized carbons (Fsp3) is 0.447. The summed E-state index contributed by atoms with van der Waals surface area (Å²) in [6.07, 6.45) is -4.29. The van der Waals surface area contributed by atoms with Crippen LogP contribution in [0.5, 0.6) is 0 Å². The Morgan fingerprint density at radius 1 is 0.582 bits per heavy atom. The van der Waals surface area contributed by atoms with Crippen molar-refractivity contribution in [3.8, 4) is 0 Å². The van der Waals surface area contributed by atoms with Gasteiger partial charge in [-0.15, -0.1) is 0 Å². The van der Waals surface area contributed by atoms with Gasteiger partial charge in [-0.25, -0.2) is 9.78 Å². The number of carboxylic acid groups (broad SMARTS) is 4. The first-order chi connectivity index (χ1) is 31.4. The molecule has 2 aromatic rings. The number of carboxylic acids is 4. The van der Waals surface area contributed by atoms with Gasteiger partial charge in [-0.05, 0) is 18.9 Å². The smallest absolute Gasteiger partial charge is 0.326 e. The van der Waals surface area contributed by atoms with E-state index in [0.29, 0.717) is 5.56 Å². The number of nitrogens with one attached hydrogen (secondary N) is 8. The van der Waals surface area contributed by atoms with Gasteiger partial charge in [-0.2, -0.15) is 0 Å². The van der Waals surface area contributed by atoms with Crippen molar-refractivity contribution in [3.05, 3.63) is 54.1 Å². The summed E-state index contributed by atoms with van der Waals surface area (Å²) in [7, 11) is 0. The summed E-state index contributed by atoms with van der Waals surface area (Å²) in [5, 5.41) is 72.1. The summed E-state index contributed by atoms with van der Waals surface area (Å²) < 4.78 is 0. The largest absolute Gasteiger partial charge is 0.481 e. The molecule has 0 fully saturated rings. The molecule has 0 radical (unpaired) electrons. The average molecular weight is 950 g/mol. The van der Waals surface area contributed by atoms with Gasteiger partial charge in [0.25, 0.3) is 0 Å². The third-order valence-corrected chi connectivity index (χ3v) is 9.18. The molecule has 366 valence electrons. The highest BCUT2D eigenvalue weighted by atomic mass is 16.4. The lowest BCUT2D eigenvalue weighted by Gasteiger charge is -2.27. The van der Waals surface area contributed by atoms with Crippen molar-refractivity contribution in [2.75, 3.05) is 6.61 Å². The normalized spacial score (nSPS) is 14.9. The van der Waals surface area contributed by atoms with Crippen molar-refractivity contribution in [3.63, 3.8) is 0 Å². The molecular weight excluding hydrogens is 898 g/mol. The second-order valence-corrected chi connectivity index (χ2v) is 14.7. The fourth-order valence-corrected chi connectivity index (χ4v) is 5.82. The van der Waals surface area contributed by atoms with Gasteiger partial charge in [0.2, 0.25) is 47.3 Å². The number of amides is 8. The number of aliphatic hydroxyl groups excluding tert-OH is 2. The molecule has 1 aromatic carbocycles. The van der Waals surface area contributed by atoms with E-state index in [4.69, 9.17) is 16.6 Å². The fourth-order valence-electron chi connectivity index (χ4n) is 5.82. The topological polar surface area (TPSA) is 491 Å². The van der Waals surface area contributed by atoms with Crippen molar-refractivity contribution < 1.29 is 88.2 Å². The number of benzene rings is 1. The van der Waals surface area contributed by atoms with Gasteiger partial charge in [0, 0.05) is 18.3 Å². The second-order valence-electron chi connectivity index (χ2n) is 14.7. The molecular formula is C38H51N11O18. The number of aromatic nitrogens is 2. The summed E-state index contributed by atoms with van der Waals surface area (Å²) in [6.45, 7) is -0.275. The van der Waals surface area contributed by atoms with Crippen molar-refractivity contribution in [1.82, 2.24) is 47.2 Å². The van der Waals surface area contributed by atoms with E-state index in [9.17, 15) is 83.1 Å². The molecule has 1 aromatic heterocycles. The number of hydrogen-bond donors (Lipinski definition) is 16. The highest BCUT2D eigenvalue weighted by Gasteiger charge is 2.37. The van der Waals surface area contributed by atoms with Crippen LogP contribution in [0.15, 0.2) is 42.9 Å². The predicted octanol–water partition coefficient (Wildman–Crippen LogP) is -7.33. The summed E-state index contributed by atoms with van der Waals surface area (Å²) in [6, 6.07) is -6.74. The van der Waals surface area contributed by atoms with Crippen LogP contribution >= 0.6 is 0 Å². The Morgan fingerprint density at radius 3 is 1.49 bits per heavy atom. The molecule has 18 N–H and O–H groups in total. The number of aliphatic hydroxyl groups is 2. The average Bonchev–Trinajstić information content (AvgIpc) is 3.75. The predicted molar refractivity (Wildman–Crippen MR) is 221 cm³/mol. The number of primary amides is 1. The molecule has 0 aliphatic heterocycles. The first kappa shape index (κ1) is 55.1. The molecule has 0 saturated heterocycles. The molecule has 0 bridgehead atoms. The van der Waals surface area contributed by atoms with Crippen LogP contribution in [0.3, 0.4) is 0 Å². The molecule has 8 amide bonds. The lowest BCUT2D eigenvalue weighted by Crippen LogP contribution is -2.62. The van der Waals surface area contributed by atoms with Gasteiger partial charge in [0.15, 0.2) is 0 Å². The van der Waals surface area contributed by atoms with Crippen LogP contribution in [0.2, 0.25) is 0 Å². The summed E-state index contributed by atoms with van der Waals surface area (Å²) in [4.78, 5) is 157. The number of H-pyrrole nitrogens is 1. The highest BCUT2D eigenvalue weighted by molar-refractivity contribution is 5.99. The first-order valence-electron chi connectivity index (χ1n) is 19.8. The first-order valence-corrected chi connectivity index (χ1v) is 19.8. The third-order valence-electron chi connectivity index (χ3n) is 9.18. The molecule has 0 spiro atoms. The maximum absolute atomic E-state index is 13.6. The highest BCUT2D eigenvalue weighted by Crippen LogP contribution is 2.07. The molecule has 67 heavy (non-hydrogen) atoms. The van der Waals surface area contributed by atoms with E-state index in [1.165, 1.54) is 12.5 Å². The number of nitrogens with zero attached hydrogens (tertiary/aromatic N) is 1. The van der Waals surface area contributed by atoms with E-state index in [1.54, 1.807) is 30.3 Å². The molecule has 1 heterocycles. The van der Waals surface area contributed by atoms with E-state index in [0.717, 1.165) is 6.92 Å². The molecule has 9 atom stereocenters. The maximum Gasteiger partial charge on any atom is 0.326 e. The number of hydrogen-bond acceptors (Lipinski definition) is 16. The molecule has 29 heteroatoms. The van der Waals surface area contributed by atoms with Gasteiger partial charge in [0.1, 0.15) is 42.3 Å². The second kappa shape index (κ2) is 26.7. The van der Waals surface area contributed by atoms with Crippen molar-refractivity contribution in [2.45, 2.75) is 99.9 Å². The number of aromatic amines is 1. The van der Waals surface area contributed by atoms with Crippen LogP contribution in [-0.4, -0.2) is 173 Å². The van der Waals surface area contributed by atoms with Gasteiger partial charge in [0.05, 0.1) is 50.8 Å². The third kappa shape index (κ3) is 19.3. The number of carbonyl (C=O) groups is 12. The summed E-state index contributed by atoms with van der Waals surface area (Å²) in [5.41, 5.74) is 11.9. The standard InChI is InChI=1S/C38H51N11O18/c1-16(51)30(49-35(63)23(11-28(55)56)43-31(59)19(39)7-17-5-3-2-4-6-17)37(65)46-22(10-27(53)54)34(62)48-25(14-50)36(64)44-20(8-18-13-41-15-42-18)32(60)45-21(9-26(40)52)33(61)47-24(38(66)67)12-29(57)58/h2-6,13,15-16,19-25,30,50-51H,7-12,14,39H2,1H3,(H2,40,52)(H,41,42)(H,43,59)(H,44,64)(H,45,60)(H,46,65)(H,47,61)(H,48,62)(H,49,63)(H,53,54)(H,55,56)(H,57,58)(H,66,67). The van der Waals surface area contributed by atoms with Crippen molar-refractivity contribution >= 4 is 71.1 Å². The maximum atomic E-state index is 13.6. The van der Waals surface area contributed by atoms with Crippen LogP contribution < -0.4 is 48.7 Å². The molecule has 0 aliphatic carbocycles. The van der Waals surface area contributed by atoms with Crippen molar-refractivity contribution in [1.29, 1.82) is 0 Å². The SMILES string of the molecule is CC(O)C(NC(=O)C(CC(=O)O)NC(=O)C(N)Cc1ccccc1)C(=O)NC(CC(=O)O)C(=O)NC(CO)C(=O)NC(Cc1cnc[nH]1)C(=O)NC(CC(N)=O)C(=O)NC(CC(=O)O)C(=O)O. The zero-order valence-electron chi connectivity index (χ0n) is 35.4. The van der Waals surface area contributed by atoms with Gasteiger partial charge in [-0.1, -0.05) is 30.3 Å². The zero-order valence-corrected chi connectivity index (χ0v) is 35.4. The summed E-state index contributed by atoms with van der Waals surface area (Å²) >= 11 is 0. The van der Waals surface area contributed by atoms with Gasteiger partial charge < -0.3 is 84.3 Å². The Hall–Kier alpha value is -8.05. The lowest BCUT2D eigenvalue weighted by atomic mass is 10.0. The number of carbonyl (C=O) groups excluding carboxylic acids is 8. The van der Waals surface area contributed by atoms with E-state index < -0.39 is 164 Å². The minimum Gasteiger partial charge on any atom is -0.481 e. The number of aliphatic carboxylic acids is 4. The van der Waals surface area contributed by atoms with Crippen LogP contribution in [0.1, 0.15) is 43.9 Å². The minimum absolute atomic E-state index is 0.0185. The Bertz CT molecular complexity index is 2120. The Labute approximate surface area is 378 Å². The van der Waals surface area contributed by atoms with Crippen LogP contribution in [-0.2, 0) is 70.4 Å². The van der Waals surface area contributed by atoms with E-state index in [-0.39, 0.29) is 12.1 Å². The Morgan fingerprint density at radius 2 is 1.01 bits per heavy atom. The zero-order chi connectivity index (χ0) is 50.5. The number of rotatable bonds is 29. The van der Waals surface area contributed by atoms with Crippen LogP contribution in [0, 0.1) is 0 Å². The minimum atomic E-state index is -2.14. The number of imidazole rings is 1. The quantitative estimate of drug-likeness (QED) is 0.0360. The van der Waals surface area contributed by atoms with Crippen LogP contribution in [0.25, 0.3) is 0 Å². The summed E-state index contributed by atoms with van der Waals surface area (Å²) in [5.74, 6) is -17.1. The van der Waals surface area contributed by atoms with Gasteiger partial charge >= 0.3 is 23.9 Å². The lowest BCUT2D eigenvalue weighted by molar-refractivity contribution is -0.147. The van der Waals surface area contributed by atoms with E-state index in [2.05, 4.69) is 25.9 Å². The molecule has 0 saturated carbocycles. The number of nitrogens with two attached hydrogens (primary N) is 2. The van der Waals surface area contributed by atoms with Gasteiger partial charge in [-0.3, -0.25) is 52.7 Å². The molecule has 29 nitrogen and oxygen atoms in total.